The lowest BCUT2D eigenvalue weighted by Crippen LogP contribution is -2.44. The number of rotatable bonds is 2. The number of nitrogens with zero attached hydrogens (tertiary/aromatic N) is 1. The van der Waals surface area contributed by atoms with Gasteiger partial charge in [0.25, 0.3) is 0 Å². The summed E-state index contributed by atoms with van der Waals surface area (Å²) in [5.74, 6) is 5.31. The van der Waals surface area contributed by atoms with E-state index in [1.807, 2.05) is 0 Å². The monoisotopic (exact) mass is 149 g/mol. The number of nitrogens with two attached hydrogens (primary N) is 1. The molecule has 0 aromatic carbocycles. The average molecular weight is 149 g/mol. The number of aliphatic hydroxyl groups excluding tert-OH is 1. The Hall–Kier alpha value is -0.390. The van der Waals surface area contributed by atoms with E-state index in [2.05, 4.69) is 5.32 Å². The van der Waals surface area contributed by atoms with Crippen LogP contribution in [0.2, 0.25) is 0 Å². The Bertz CT molecular complexity index is 97.8. The highest BCUT2D eigenvalue weighted by molar-refractivity contribution is 7.80. The molecule has 0 fully saturated rings. The first-order chi connectivity index (χ1) is 4.22. The van der Waals surface area contributed by atoms with Gasteiger partial charge in [-0.05, 0) is 12.2 Å². The van der Waals surface area contributed by atoms with E-state index in [9.17, 15) is 0 Å². The minimum atomic E-state index is 0.0122. The summed E-state index contributed by atoms with van der Waals surface area (Å²) in [5, 5.41) is 12.8. The van der Waals surface area contributed by atoms with Gasteiger partial charge in [-0.1, -0.05) is 0 Å². The summed E-state index contributed by atoms with van der Waals surface area (Å²) in [6, 6.07) is 0. The third-order valence-electron chi connectivity index (χ3n) is 0.816. The van der Waals surface area contributed by atoms with Crippen molar-refractivity contribution in [1.82, 2.24) is 10.3 Å². The Morgan fingerprint density at radius 3 is 2.78 bits per heavy atom. The van der Waals surface area contributed by atoms with Crippen LogP contribution in [0.25, 0.3) is 0 Å². The van der Waals surface area contributed by atoms with E-state index in [4.69, 9.17) is 23.2 Å². The van der Waals surface area contributed by atoms with Gasteiger partial charge in [0.05, 0.1) is 13.2 Å². The van der Waals surface area contributed by atoms with Crippen LogP contribution < -0.4 is 11.2 Å². The van der Waals surface area contributed by atoms with E-state index < -0.39 is 0 Å². The van der Waals surface area contributed by atoms with Crippen LogP contribution in [-0.2, 0) is 0 Å². The van der Waals surface area contributed by atoms with Crippen molar-refractivity contribution < 1.29 is 5.11 Å². The normalized spacial score (nSPS) is 8.78. The standard InChI is InChI=1S/C4H11N3OS/c1-6-4(9)7(5)2-3-8/h8H,2-3,5H2,1H3,(H,6,9). The molecule has 0 aromatic rings. The Morgan fingerprint density at radius 1 is 1.89 bits per heavy atom. The van der Waals surface area contributed by atoms with Crippen molar-refractivity contribution in [2.45, 2.75) is 0 Å². The average Bonchev–Trinajstić information content (AvgIpc) is 1.87. The van der Waals surface area contributed by atoms with Crippen molar-refractivity contribution in [2.75, 3.05) is 20.2 Å². The van der Waals surface area contributed by atoms with Gasteiger partial charge in [-0.15, -0.1) is 0 Å². The van der Waals surface area contributed by atoms with Crippen LogP contribution in [-0.4, -0.2) is 35.4 Å². The van der Waals surface area contributed by atoms with E-state index in [0.29, 0.717) is 11.7 Å². The highest BCUT2D eigenvalue weighted by Crippen LogP contribution is 1.76. The molecule has 0 spiro atoms. The van der Waals surface area contributed by atoms with Gasteiger partial charge in [0.1, 0.15) is 0 Å². The first-order valence-electron chi connectivity index (χ1n) is 2.57. The number of hydrazine groups is 1. The minimum Gasteiger partial charge on any atom is -0.394 e. The molecule has 0 saturated carbocycles. The zero-order chi connectivity index (χ0) is 7.28. The van der Waals surface area contributed by atoms with Gasteiger partial charge < -0.3 is 10.4 Å². The predicted molar refractivity (Wildman–Crippen MR) is 39.6 cm³/mol. The zero-order valence-corrected chi connectivity index (χ0v) is 6.11. The number of aliphatic hydroxyl groups is 1. The molecule has 0 bridgehead atoms. The second-order valence-electron chi connectivity index (χ2n) is 1.47. The third-order valence-corrected chi connectivity index (χ3v) is 1.25. The summed E-state index contributed by atoms with van der Waals surface area (Å²) in [4.78, 5) is 0. The molecule has 4 N–H and O–H groups in total. The van der Waals surface area contributed by atoms with Gasteiger partial charge in [-0.2, -0.15) is 0 Å². The van der Waals surface area contributed by atoms with E-state index in [1.165, 1.54) is 5.01 Å². The number of thiocarbonyl (C=S) groups is 1. The molecule has 4 nitrogen and oxygen atoms in total. The van der Waals surface area contributed by atoms with Gasteiger partial charge in [-0.25, -0.2) is 5.84 Å². The molecule has 0 unspecified atom stereocenters. The lowest BCUT2D eigenvalue weighted by Gasteiger charge is -2.16. The third kappa shape index (κ3) is 3.23. The van der Waals surface area contributed by atoms with Crippen LogP contribution in [0.3, 0.4) is 0 Å². The smallest absolute Gasteiger partial charge is 0.183 e. The molecule has 5 heteroatoms. The summed E-state index contributed by atoms with van der Waals surface area (Å²) in [6.45, 7) is 0.373. The molecule has 0 aromatic heterocycles. The molecule has 0 atom stereocenters. The second kappa shape index (κ2) is 4.49. The van der Waals surface area contributed by atoms with Gasteiger partial charge in [-0.3, -0.25) is 5.01 Å². The fourth-order valence-electron chi connectivity index (χ4n) is 0.353. The summed E-state index contributed by atoms with van der Waals surface area (Å²) in [5.41, 5.74) is 0. The summed E-state index contributed by atoms with van der Waals surface area (Å²) >= 11 is 4.72. The SMILES string of the molecule is CNC(=S)N(N)CCO. The highest BCUT2D eigenvalue weighted by atomic mass is 32.1. The minimum absolute atomic E-state index is 0.0122. The molecule has 0 aliphatic carbocycles. The molecule has 0 aliphatic heterocycles. The molecule has 0 heterocycles. The fraction of sp³-hybridized carbons (Fsp3) is 0.750. The maximum atomic E-state index is 8.37. The summed E-state index contributed by atoms with van der Waals surface area (Å²) in [6.07, 6.45) is 0. The van der Waals surface area contributed by atoms with Gasteiger partial charge in [0, 0.05) is 7.05 Å². The van der Waals surface area contributed by atoms with Crippen LogP contribution in [0.1, 0.15) is 0 Å². The van der Waals surface area contributed by atoms with E-state index in [-0.39, 0.29) is 6.61 Å². The van der Waals surface area contributed by atoms with Crippen LogP contribution >= 0.6 is 12.2 Å². The van der Waals surface area contributed by atoms with Crippen LogP contribution in [0.5, 0.6) is 0 Å². The maximum Gasteiger partial charge on any atom is 0.183 e. The molecular weight excluding hydrogens is 138 g/mol. The highest BCUT2D eigenvalue weighted by Gasteiger charge is 1.98. The van der Waals surface area contributed by atoms with Crippen molar-refractivity contribution in [2.24, 2.45) is 5.84 Å². The molecular formula is C4H11N3OS. The van der Waals surface area contributed by atoms with Crippen molar-refractivity contribution in [3.8, 4) is 0 Å². The quantitative estimate of drug-likeness (QED) is 0.258. The predicted octanol–water partition coefficient (Wildman–Crippen LogP) is -1.34. The van der Waals surface area contributed by atoms with Crippen molar-refractivity contribution in [3.63, 3.8) is 0 Å². The van der Waals surface area contributed by atoms with Crippen LogP contribution in [0, 0.1) is 0 Å². The Balaban J connectivity index is 3.45. The summed E-state index contributed by atoms with van der Waals surface area (Å²) < 4.78 is 0. The zero-order valence-electron chi connectivity index (χ0n) is 5.29. The molecule has 0 rings (SSSR count). The van der Waals surface area contributed by atoms with Crippen LogP contribution in [0.15, 0.2) is 0 Å². The molecule has 0 aliphatic rings. The van der Waals surface area contributed by atoms with E-state index >= 15 is 0 Å². The van der Waals surface area contributed by atoms with Gasteiger partial charge >= 0.3 is 0 Å². The number of hydrogen-bond acceptors (Lipinski definition) is 3. The molecule has 0 radical (unpaired) electrons. The first-order valence-corrected chi connectivity index (χ1v) is 2.98. The second-order valence-corrected chi connectivity index (χ2v) is 1.86. The number of nitrogens with one attached hydrogen (secondary N) is 1. The van der Waals surface area contributed by atoms with E-state index in [0.717, 1.165) is 0 Å². The largest absolute Gasteiger partial charge is 0.394 e. The lowest BCUT2D eigenvalue weighted by molar-refractivity contribution is 0.251. The molecule has 0 saturated heterocycles. The van der Waals surface area contributed by atoms with Crippen LogP contribution in [0.4, 0.5) is 0 Å². The van der Waals surface area contributed by atoms with E-state index in [1.54, 1.807) is 7.05 Å². The molecule has 54 valence electrons. The van der Waals surface area contributed by atoms with Crippen molar-refractivity contribution >= 4 is 17.3 Å². The molecule has 0 amide bonds. The summed E-state index contributed by atoms with van der Waals surface area (Å²) in [7, 11) is 1.68. The van der Waals surface area contributed by atoms with Crippen molar-refractivity contribution in [1.29, 1.82) is 0 Å². The lowest BCUT2D eigenvalue weighted by atomic mass is 10.7. The van der Waals surface area contributed by atoms with Crippen molar-refractivity contribution in [3.05, 3.63) is 0 Å². The topological polar surface area (TPSA) is 61.5 Å². The maximum absolute atomic E-state index is 8.37. The Morgan fingerprint density at radius 2 is 2.44 bits per heavy atom. The Labute approximate surface area is 59.6 Å². The molecule has 9 heavy (non-hydrogen) atoms. The van der Waals surface area contributed by atoms with Gasteiger partial charge in [0.15, 0.2) is 5.11 Å². The first kappa shape index (κ1) is 8.61. The Kier molecular flexibility index (Phi) is 4.29. The number of hydrogen-bond donors (Lipinski definition) is 3. The fourth-order valence-corrected chi connectivity index (χ4v) is 0.444. The van der Waals surface area contributed by atoms with Gasteiger partial charge in [0.2, 0.25) is 0 Å².